The minimum absolute atomic E-state index is 0.133. The molecule has 1 unspecified atom stereocenters. The molecule has 1 saturated heterocycles. The predicted molar refractivity (Wildman–Crippen MR) is 64.9 cm³/mol. The molecular weight excluding hydrogens is 224 g/mol. The van der Waals surface area contributed by atoms with E-state index in [4.69, 9.17) is 5.73 Å². The fraction of sp³-hybridized carbons (Fsp3) is 0.600. The lowest BCUT2D eigenvalue weighted by atomic mass is 10.1. The van der Waals surface area contributed by atoms with Crippen LogP contribution in [0.3, 0.4) is 0 Å². The van der Waals surface area contributed by atoms with Gasteiger partial charge in [-0.15, -0.1) is 0 Å². The maximum atomic E-state index is 11.7. The van der Waals surface area contributed by atoms with Gasteiger partial charge in [0.1, 0.15) is 5.82 Å². The van der Waals surface area contributed by atoms with Gasteiger partial charge in [-0.05, 0) is 12.2 Å². The van der Waals surface area contributed by atoms with Crippen molar-refractivity contribution in [1.82, 2.24) is 15.1 Å². The quantitative estimate of drug-likeness (QED) is 0.800. The van der Waals surface area contributed by atoms with Crippen LogP contribution < -0.4 is 11.1 Å². The number of nitrogens with one attached hydrogen (secondary N) is 1. The molecule has 88 valence electrons. The second kappa shape index (κ2) is 4.78. The molecule has 1 amide bonds. The van der Waals surface area contributed by atoms with Crippen molar-refractivity contribution >= 4 is 23.5 Å². The third-order valence-corrected chi connectivity index (χ3v) is 3.98. The van der Waals surface area contributed by atoms with E-state index in [9.17, 15) is 4.79 Å². The van der Waals surface area contributed by atoms with Crippen molar-refractivity contribution in [2.75, 3.05) is 17.2 Å². The molecule has 2 rings (SSSR count). The molecule has 1 aliphatic rings. The van der Waals surface area contributed by atoms with E-state index in [1.807, 2.05) is 11.8 Å². The van der Waals surface area contributed by atoms with Gasteiger partial charge in [-0.3, -0.25) is 9.48 Å². The molecule has 6 heteroatoms. The van der Waals surface area contributed by atoms with Crippen molar-refractivity contribution < 1.29 is 4.79 Å². The van der Waals surface area contributed by atoms with Crippen LogP contribution in [0.25, 0.3) is 0 Å². The first-order valence-corrected chi connectivity index (χ1v) is 6.45. The van der Waals surface area contributed by atoms with Gasteiger partial charge in [-0.25, -0.2) is 0 Å². The Morgan fingerprint density at radius 1 is 1.81 bits per heavy atom. The molecule has 0 bridgehead atoms. The lowest BCUT2D eigenvalue weighted by Crippen LogP contribution is -2.30. The van der Waals surface area contributed by atoms with E-state index in [2.05, 4.69) is 10.4 Å². The first-order valence-electron chi connectivity index (χ1n) is 5.30. The van der Waals surface area contributed by atoms with Crippen LogP contribution in [0.4, 0.5) is 5.82 Å². The smallest absolute Gasteiger partial charge is 0.224 e. The lowest BCUT2D eigenvalue weighted by Gasteiger charge is -2.09. The van der Waals surface area contributed by atoms with Gasteiger partial charge in [0, 0.05) is 30.8 Å². The van der Waals surface area contributed by atoms with Crippen LogP contribution in [0.5, 0.6) is 0 Å². The molecule has 1 aromatic heterocycles. The maximum Gasteiger partial charge on any atom is 0.224 e. The van der Waals surface area contributed by atoms with Crippen LogP contribution in [0.15, 0.2) is 6.20 Å². The zero-order valence-corrected chi connectivity index (χ0v) is 10.1. The summed E-state index contributed by atoms with van der Waals surface area (Å²) in [6, 6.07) is 0. The molecular formula is C10H16N4OS. The van der Waals surface area contributed by atoms with Crippen molar-refractivity contribution in [3.63, 3.8) is 0 Å². The number of carbonyl (C=O) groups is 1. The number of hydrogen-bond donors (Lipinski definition) is 2. The highest BCUT2D eigenvalue weighted by Gasteiger charge is 2.22. The molecule has 5 nitrogen and oxygen atoms in total. The van der Waals surface area contributed by atoms with Gasteiger partial charge in [0.05, 0.1) is 6.20 Å². The monoisotopic (exact) mass is 240 g/mol. The number of thioether (sulfide) groups is 1. The Hall–Kier alpha value is -1.17. The summed E-state index contributed by atoms with van der Waals surface area (Å²) in [5.74, 6) is 2.94. The SMILES string of the molecule is Cn1ncc(CNC(=O)C2CCSC2)c1N. The topological polar surface area (TPSA) is 72.9 Å². The number of amides is 1. The zero-order valence-electron chi connectivity index (χ0n) is 9.27. The van der Waals surface area contributed by atoms with E-state index in [1.165, 1.54) is 0 Å². The average Bonchev–Trinajstić information content (AvgIpc) is 2.89. The Labute approximate surface area is 98.8 Å². The summed E-state index contributed by atoms with van der Waals surface area (Å²) < 4.78 is 1.60. The van der Waals surface area contributed by atoms with Gasteiger partial charge in [0.25, 0.3) is 0 Å². The molecule has 0 saturated carbocycles. The van der Waals surface area contributed by atoms with Gasteiger partial charge >= 0.3 is 0 Å². The Bertz CT molecular complexity index is 384. The van der Waals surface area contributed by atoms with E-state index >= 15 is 0 Å². The van der Waals surface area contributed by atoms with E-state index in [1.54, 1.807) is 17.9 Å². The van der Waals surface area contributed by atoms with Gasteiger partial charge < -0.3 is 11.1 Å². The number of nitrogens with two attached hydrogens (primary N) is 1. The van der Waals surface area contributed by atoms with Gasteiger partial charge in [0.15, 0.2) is 0 Å². The number of carbonyl (C=O) groups excluding carboxylic acids is 1. The largest absolute Gasteiger partial charge is 0.384 e. The van der Waals surface area contributed by atoms with Crippen LogP contribution in [0.1, 0.15) is 12.0 Å². The molecule has 1 atom stereocenters. The summed E-state index contributed by atoms with van der Waals surface area (Å²) in [7, 11) is 1.79. The van der Waals surface area contributed by atoms with Crippen molar-refractivity contribution in [1.29, 1.82) is 0 Å². The first kappa shape index (κ1) is 11.3. The van der Waals surface area contributed by atoms with E-state index in [0.717, 1.165) is 23.5 Å². The molecule has 0 spiro atoms. The third kappa shape index (κ3) is 2.32. The van der Waals surface area contributed by atoms with E-state index < -0.39 is 0 Å². The minimum atomic E-state index is 0.133. The summed E-state index contributed by atoms with van der Waals surface area (Å²) in [6.45, 7) is 0.472. The Balaban J connectivity index is 1.87. The highest BCUT2D eigenvalue weighted by Crippen LogP contribution is 2.23. The van der Waals surface area contributed by atoms with Gasteiger partial charge in [0.2, 0.25) is 5.91 Å². The fourth-order valence-electron chi connectivity index (χ4n) is 1.70. The third-order valence-electron chi connectivity index (χ3n) is 2.82. The molecule has 0 radical (unpaired) electrons. The van der Waals surface area contributed by atoms with Crippen LogP contribution in [-0.2, 0) is 18.4 Å². The molecule has 1 aliphatic heterocycles. The molecule has 0 aromatic carbocycles. The molecule has 1 fully saturated rings. The summed E-state index contributed by atoms with van der Waals surface area (Å²) >= 11 is 1.84. The Morgan fingerprint density at radius 3 is 3.19 bits per heavy atom. The second-order valence-corrected chi connectivity index (χ2v) is 5.11. The number of aryl methyl sites for hydroxylation is 1. The average molecular weight is 240 g/mol. The fourth-order valence-corrected chi connectivity index (χ4v) is 2.92. The Morgan fingerprint density at radius 2 is 2.62 bits per heavy atom. The highest BCUT2D eigenvalue weighted by molar-refractivity contribution is 7.99. The number of hydrogen-bond acceptors (Lipinski definition) is 4. The second-order valence-electron chi connectivity index (χ2n) is 3.96. The standard InChI is InChI=1S/C10H16N4OS/c1-14-9(11)8(5-13-14)4-12-10(15)7-2-3-16-6-7/h5,7H,2-4,6,11H2,1H3,(H,12,15). The molecule has 2 heterocycles. The number of anilines is 1. The van der Waals surface area contributed by atoms with Crippen LogP contribution in [0.2, 0.25) is 0 Å². The van der Waals surface area contributed by atoms with E-state index in [0.29, 0.717) is 12.4 Å². The number of rotatable bonds is 3. The maximum absolute atomic E-state index is 11.7. The molecule has 1 aromatic rings. The summed E-state index contributed by atoms with van der Waals surface area (Å²) in [5, 5.41) is 6.94. The summed E-state index contributed by atoms with van der Waals surface area (Å²) in [4.78, 5) is 11.7. The zero-order chi connectivity index (χ0) is 11.5. The van der Waals surface area contributed by atoms with Crippen LogP contribution in [0, 0.1) is 5.92 Å². The van der Waals surface area contributed by atoms with Crippen molar-refractivity contribution in [3.05, 3.63) is 11.8 Å². The summed E-state index contributed by atoms with van der Waals surface area (Å²) in [6.07, 6.45) is 2.68. The lowest BCUT2D eigenvalue weighted by molar-refractivity contribution is -0.124. The van der Waals surface area contributed by atoms with Gasteiger partial charge in [-0.1, -0.05) is 0 Å². The van der Waals surface area contributed by atoms with E-state index in [-0.39, 0.29) is 11.8 Å². The molecule has 3 N–H and O–H groups in total. The number of aromatic nitrogens is 2. The van der Waals surface area contributed by atoms with Crippen molar-refractivity contribution in [2.24, 2.45) is 13.0 Å². The highest BCUT2D eigenvalue weighted by atomic mass is 32.2. The minimum Gasteiger partial charge on any atom is -0.384 e. The summed E-state index contributed by atoms with van der Waals surface area (Å²) in [5.41, 5.74) is 6.66. The molecule has 16 heavy (non-hydrogen) atoms. The number of nitrogens with zero attached hydrogens (tertiary/aromatic N) is 2. The van der Waals surface area contributed by atoms with Gasteiger partial charge in [-0.2, -0.15) is 16.9 Å². The van der Waals surface area contributed by atoms with Crippen LogP contribution >= 0.6 is 11.8 Å². The molecule has 0 aliphatic carbocycles. The van der Waals surface area contributed by atoms with Crippen LogP contribution in [-0.4, -0.2) is 27.2 Å². The number of nitrogen functional groups attached to an aromatic ring is 1. The first-order chi connectivity index (χ1) is 7.68. The Kier molecular flexibility index (Phi) is 3.38. The normalized spacial score (nSPS) is 19.9. The van der Waals surface area contributed by atoms with Crippen molar-refractivity contribution in [2.45, 2.75) is 13.0 Å². The van der Waals surface area contributed by atoms with Crippen molar-refractivity contribution in [3.8, 4) is 0 Å². The predicted octanol–water partition coefficient (Wildman–Crippen LogP) is 0.372.